The third-order valence-electron chi connectivity index (χ3n) is 5.62. The quantitative estimate of drug-likeness (QED) is 0.296. The summed E-state index contributed by atoms with van der Waals surface area (Å²) in [6, 6.07) is 18.1. The normalized spacial score (nSPS) is 10.7. The molecule has 10 nitrogen and oxygen atoms in total. The van der Waals surface area contributed by atoms with E-state index in [-0.39, 0.29) is 35.9 Å². The maximum atomic E-state index is 13.6. The van der Waals surface area contributed by atoms with Gasteiger partial charge in [0.05, 0.1) is 21.6 Å². The van der Waals surface area contributed by atoms with Crippen molar-refractivity contribution in [2.24, 2.45) is 0 Å². The number of amides is 2. The Kier molecular flexibility index (Phi) is 6.86. The van der Waals surface area contributed by atoms with Crippen LogP contribution in [0.2, 0.25) is 0 Å². The van der Waals surface area contributed by atoms with Crippen molar-refractivity contribution < 1.29 is 14.5 Å². The molecule has 0 aliphatic heterocycles. The molecule has 36 heavy (non-hydrogen) atoms. The Bertz CT molecular complexity index is 1560. The Hall–Kier alpha value is -4.86. The number of carbonyl (C=O) groups is 2. The lowest BCUT2D eigenvalue weighted by Gasteiger charge is -2.15. The van der Waals surface area contributed by atoms with Gasteiger partial charge in [0, 0.05) is 29.3 Å². The van der Waals surface area contributed by atoms with Gasteiger partial charge in [0.15, 0.2) is 0 Å². The molecule has 2 amide bonds. The Labute approximate surface area is 205 Å². The first-order valence-corrected chi connectivity index (χ1v) is 11.2. The first-order chi connectivity index (χ1) is 17.3. The highest BCUT2D eigenvalue weighted by Crippen LogP contribution is 2.26. The number of anilines is 2. The molecule has 0 aliphatic rings. The fraction of sp³-hybridized carbons (Fsp3) is 0.154. The van der Waals surface area contributed by atoms with E-state index in [1.165, 1.54) is 10.6 Å². The van der Waals surface area contributed by atoms with E-state index in [0.717, 1.165) is 0 Å². The van der Waals surface area contributed by atoms with Gasteiger partial charge in [-0.1, -0.05) is 43.3 Å². The molecule has 182 valence electrons. The second kappa shape index (κ2) is 10.2. The molecule has 1 aromatic heterocycles. The standard InChI is InChI=1S/C26H23N5O5/c1-3-23(32)28-19-9-5-4-8-18(19)25-26(34)30(21-11-7-6-10-20(21)29-25)15-24(33)27-17-13-12-16(2)22(14-17)31(35)36/h4-14H,3,15H2,1-2H3,(H,27,33)(H,28,32). The smallest absolute Gasteiger partial charge is 0.278 e. The molecular weight excluding hydrogens is 462 g/mol. The molecule has 4 aromatic rings. The number of nitrogens with one attached hydrogen (secondary N) is 2. The van der Waals surface area contributed by atoms with Crippen LogP contribution in [0.25, 0.3) is 22.3 Å². The number of aryl methyl sites for hydroxylation is 1. The number of carbonyl (C=O) groups excluding carboxylic acids is 2. The number of nitro benzene ring substituents is 1. The van der Waals surface area contributed by atoms with Gasteiger partial charge >= 0.3 is 0 Å². The molecule has 1 heterocycles. The van der Waals surface area contributed by atoms with Crippen LogP contribution in [0.3, 0.4) is 0 Å². The van der Waals surface area contributed by atoms with Gasteiger partial charge in [0.1, 0.15) is 12.2 Å². The van der Waals surface area contributed by atoms with Crippen LogP contribution in [0.1, 0.15) is 18.9 Å². The van der Waals surface area contributed by atoms with E-state index in [4.69, 9.17) is 0 Å². The van der Waals surface area contributed by atoms with E-state index in [2.05, 4.69) is 15.6 Å². The summed E-state index contributed by atoms with van der Waals surface area (Å²) >= 11 is 0. The average Bonchev–Trinajstić information content (AvgIpc) is 2.87. The van der Waals surface area contributed by atoms with Gasteiger partial charge in [-0.2, -0.15) is 0 Å². The molecule has 3 aromatic carbocycles. The van der Waals surface area contributed by atoms with E-state index in [0.29, 0.717) is 27.8 Å². The van der Waals surface area contributed by atoms with Crippen LogP contribution in [-0.4, -0.2) is 26.3 Å². The van der Waals surface area contributed by atoms with Gasteiger partial charge in [0.2, 0.25) is 11.8 Å². The summed E-state index contributed by atoms with van der Waals surface area (Å²) < 4.78 is 1.30. The van der Waals surface area contributed by atoms with E-state index in [1.807, 2.05) is 0 Å². The zero-order chi connectivity index (χ0) is 25.8. The molecule has 0 unspecified atom stereocenters. The highest BCUT2D eigenvalue weighted by atomic mass is 16.6. The van der Waals surface area contributed by atoms with E-state index < -0.39 is 16.4 Å². The van der Waals surface area contributed by atoms with Crippen LogP contribution < -0.4 is 16.2 Å². The number of rotatable bonds is 7. The number of benzene rings is 3. The van der Waals surface area contributed by atoms with Crippen molar-refractivity contribution in [2.75, 3.05) is 10.6 Å². The number of nitro groups is 1. The fourth-order valence-corrected chi connectivity index (χ4v) is 3.79. The van der Waals surface area contributed by atoms with E-state index >= 15 is 0 Å². The number of aromatic nitrogens is 2. The van der Waals surface area contributed by atoms with Crippen molar-refractivity contribution >= 4 is 39.9 Å². The summed E-state index contributed by atoms with van der Waals surface area (Å²) in [6.07, 6.45) is 0.265. The topological polar surface area (TPSA) is 136 Å². The first-order valence-electron chi connectivity index (χ1n) is 11.2. The molecular formula is C26H23N5O5. The van der Waals surface area contributed by atoms with Crippen LogP contribution >= 0.6 is 0 Å². The van der Waals surface area contributed by atoms with Crippen molar-refractivity contribution in [3.8, 4) is 11.3 Å². The minimum atomic E-state index is -0.537. The van der Waals surface area contributed by atoms with Gasteiger partial charge in [-0.05, 0) is 31.2 Å². The Morgan fingerprint density at radius 1 is 1.00 bits per heavy atom. The first kappa shape index (κ1) is 24.3. The summed E-state index contributed by atoms with van der Waals surface area (Å²) in [5, 5.41) is 16.7. The van der Waals surface area contributed by atoms with Crippen LogP contribution in [0, 0.1) is 17.0 Å². The molecule has 0 fully saturated rings. The lowest BCUT2D eigenvalue weighted by atomic mass is 10.1. The molecule has 0 saturated carbocycles. The van der Waals surface area contributed by atoms with Crippen molar-refractivity contribution in [1.82, 2.24) is 9.55 Å². The number of fused-ring (bicyclic) bond motifs is 1. The highest BCUT2D eigenvalue weighted by Gasteiger charge is 2.19. The molecule has 0 saturated heterocycles. The van der Waals surface area contributed by atoms with Crippen molar-refractivity contribution in [3.63, 3.8) is 0 Å². The third-order valence-corrected chi connectivity index (χ3v) is 5.62. The Morgan fingerprint density at radius 3 is 2.47 bits per heavy atom. The Morgan fingerprint density at radius 2 is 1.72 bits per heavy atom. The minimum absolute atomic E-state index is 0.0828. The summed E-state index contributed by atoms with van der Waals surface area (Å²) in [5.41, 5.74) is 1.97. The summed E-state index contributed by atoms with van der Waals surface area (Å²) in [6.45, 7) is 2.98. The fourth-order valence-electron chi connectivity index (χ4n) is 3.79. The zero-order valence-electron chi connectivity index (χ0n) is 19.6. The molecule has 4 rings (SSSR count). The molecule has 0 aliphatic carbocycles. The van der Waals surface area contributed by atoms with Gasteiger partial charge in [0.25, 0.3) is 11.2 Å². The predicted octanol–water partition coefficient (Wildman–Crippen LogP) is 4.27. The maximum Gasteiger partial charge on any atom is 0.278 e. The molecule has 2 N–H and O–H groups in total. The second-order valence-electron chi connectivity index (χ2n) is 8.09. The highest BCUT2D eigenvalue weighted by molar-refractivity contribution is 5.96. The van der Waals surface area contributed by atoms with Crippen molar-refractivity contribution in [1.29, 1.82) is 0 Å². The van der Waals surface area contributed by atoms with E-state index in [9.17, 15) is 24.5 Å². The number of hydrogen-bond acceptors (Lipinski definition) is 6. The van der Waals surface area contributed by atoms with Crippen LogP contribution in [0.5, 0.6) is 0 Å². The van der Waals surface area contributed by atoms with Crippen LogP contribution in [0.15, 0.2) is 71.5 Å². The van der Waals surface area contributed by atoms with Crippen molar-refractivity contribution in [2.45, 2.75) is 26.8 Å². The molecule has 0 radical (unpaired) electrons. The molecule has 0 bridgehead atoms. The third kappa shape index (κ3) is 4.97. The minimum Gasteiger partial charge on any atom is -0.325 e. The lowest BCUT2D eigenvalue weighted by molar-refractivity contribution is -0.385. The Balaban J connectivity index is 1.76. The number of hydrogen-bond donors (Lipinski definition) is 2. The maximum absolute atomic E-state index is 13.6. The van der Waals surface area contributed by atoms with E-state index in [1.54, 1.807) is 74.5 Å². The van der Waals surface area contributed by atoms with Gasteiger partial charge in [-0.15, -0.1) is 0 Å². The summed E-state index contributed by atoms with van der Waals surface area (Å²) in [4.78, 5) is 53.8. The van der Waals surface area contributed by atoms with Crippen molar-refractivity contribution in [3.05, 3.63) is 92.8 Å². The number of nitrogens with zero attached hydrogens (tertiary/aromatic N) is 3. The lowest BCUT2D eigenvalue weighted by Crippen LogP contribution is -2.30. The van der Waals surface area contributed by atoms with Gasteiger partial charge < -0.3 is 10.6 Å². The summed E-state index contributed by atoms with van der Waals surface area (Å²) in [7, 11) is 0. The molecule has 0 atom stereocenters. The predicted molar refractivity (Wildman–Crippen MR) is 137 cm³/mol. The second-order valence-corrected chi connectivity index (χ2v) is 8.09. The molecule has 10 heteroatoms. The number of para-hydroxylation sites is 3. The van der Waals surface area contributed by atoms with Crippen LogP contribution in [-0.2, 0) is 16.1 Å². The van der Waals surface area contributed by atoms with Crippen LogP contribution in [0.4, 0.5) is 17.1 Å². The summed E-state index contributed by atoms with van der Waals surface area (Å²) in [5.74, 6) is -0.750. The largest absolute Gasteiger partial charge is 0.325 e. The van der Waals surface area contributed by atoms with Gasteiger partial charge in [-0.25, -0.2) is 4.98 Å². The SMILES string of the molecule is CCC(=O)Nc1ccccc1-c1nc2ccccc2n(CC(=O)Nc2ccc(C)c([N+](=O)[O-])c2)c1=O. The van der Waals surface area contributed by atoms with Gasteiger partial charge in [-0.3, -0.25) is 29.1 Å². The monoisotopic (exact) mass is 485 g/mol. The zero-order valence-corrected chi connectivity index (χ0v) is 19.6. The molecule has 0 spiro atoms. The average molecular weight is 486 g/mol.